The van der Waals surface area contributed by atoms with Gasteiger partial charge in [-0.05, 0) is 25.8 Å². The molecule has 1 heterocycles. The van der Waals surface area contributed by atoms with Gasteiger partial charge in [0.15, 0.2) is 0 Å². The lowest BCUT2D eigenvalue weighted by molar-refractivity contribution is -0.128. The summed E-state index contributed by atoms with van der Waals surface area (Å²) in [5.74, 6) is 0.439. The number of unbranched alkanes of at least 4 members (excludes halogenated alkanes) is 14. The highest BCUT2D eigenvalue weighted by atomic mass is 35.5. The molecule has 5 nitrogen and oxygen atoms in total. The molecule has 0 aliphatic carbocycles. The van der Waals surface area contributed by atoms with Gasteiger partial charge in [0.05, 0.1) is 6.67 Å². The molecule has 0 spiro atoms. The van der Waals surface area contributed by atoms with Crippen LogP contribution in [0.15, 0.2) is 0 Å². The second-order valence-electron chi connectivity index (χ2n) is 9.32. The predicted octanol–water partition coefficient (Wildman–Crippen LogP) is 6.35. The maximum Gasteiger partial charge on any atom is 0.223 e. The summed E-state index contributed by atoms with van der Waals surface area (Å²) in [6.45, 7) is 5.36. The Morgan fingerprint density at radius 2 is 1.31 bits per heavy atom. The zero-order chi connectivity index (χ0) is 22.4. The fraction of sp³-hybridized carbons (Fsp3) is 0.923. The molecule has 1 aliphatic heterocycles. The van der Waals surface area contributed by atoms with Gasteiger partial charge in [0.2, 0.25) is 11.8 Å². The first kappa shape index (κ1) is 31.2. The lowest BCUT2D eigenvalue weighted by atomic mass is 10.0. The second kappa shape index (κ2) is 23.4. The maximum absolute atomic E-state index is 11.9. The van der Waals surface area contributed by atoms with E-state index in [-0.39, 0.29) is 24.2 Å². The van der Waals surface area contributed by atoms with Crippen LogP contribution in [0, 0.1) is 0 Å². The van der Waals surface area contributed by atoms with Crippen LogP contribution in [-0.2, 0) is 9.59 Å². The van der Waals surface area contributed by atoms with Gasteiger partial charge < -0.3 is 10.2 Å². The molecule has 0 aromatic rings. The molecule has 2 N–H and O–H groups in total. The van der Waals surface area contributed by atoms with E-state index in [1.54, 1.807) is 0 Å². The number of likely N-dealkylation sites (tertiary alicyclic amines) is 1. The quantitative estimate of drug-likeness (QED) is 0.180. The number of hydrogen-bond acceptors (Lipinski definition) is 3. The summed E-state index contributed by atoms with van der Waals surface area (Å²) in [6.07, 6.45) is 23.5. The minimum Gasteiger partial charge on any atom is -0.356 e. The second-order valence-corrected chi connectivity index (χ2v) is 9.32. The van der Waals surface area contributed by atoms with Crippen molar-refractivity contribution in [2.75, 3.05) is 26.3 Å². The van der Waals surface area contributed by atoms with Crippen LogP contribution >= 0.6 is 12.4 Å². The summed E-state index contributed by atoms with van der Waals surface area (Å²) in [6, 6.07) is 0. The summed E-state index contributed by atoms with van der Waals surface area (Å²) in [5, 5.41) is 6.30. The SMILES string of the molecule is CCCCCCCCCCCCCCCCCC(=O)NCCCNCN1CCCC1=O.Cl. The Kier molecular flexibility index (Phi) is 22.8. The summed E-state index contributed by atoms with van der Waals surface area (Å²) in [7, 11) is 0. The molecule has 1 fully saturated rings. The Labute approximate surface area is 204 Å². The van der Waals surface area contributed by atoms with Crippen LogP contribution in [0.5, 0.6) is 0 Å². The lowest BCUT2D eigenvalue weighted by Crippen LogP contribution is -2.36. The first-order valence-electron chi connectivity index (χ1n) is 13.5. The van der Waals surface area contributed by atoms with Crippen molar-refractivity contribution in [3.63, 3.8) is 0 Å². The van der Waals surface area contributed by atoms with E-state index in [9.17, 15) is 9.59 Å². The molecule has 0 saturated carbocycles. The average molecular weight is 474 g/mol. The molecule has 1 aliphatic rings. The maximum atomic E-state index is 11.9. The van der Waals surface area contributed by atoms with Gasteiger partial charge >= 0.3 is 0 Å². The van der Waals surface area contributed by atoms with Crippen LogP contribution in [0.1, 0.15) is 129 Å². The molecular formula is C26H52ClN3O2. The van der Waals surface area contributed by atoms with Gasteiger partial charge in [-0.25, -0.2) is 0 Å². The zero-order valence-corrected chi connectivity index (χ0v) is 21.8. The van der Waals surface area contributed by atoms with E-state index in [4.69, 9.17) is 0 Å². The minimum absolute atomic E-state index is 0. The van der Waals surface area contributed by atoms with Crippen molar-refractivity contribution in [3.05, 3.63) is 0 Å². The van der Waals surface area contributed by atoms with Crippen LogP contribution in [0.4, 0.5) is 0 Å². The Balaban J connectivity index is 0.00000961. The van der Waals surface area contributed by atoms with Crippen LogP contribution in [0.3, 0.4) is 0 Å². The van der Waals surface area contributed by atoms with Gasteiger partial charge in [-0.3, -0.25) is 14.9 Å². The molecule has 0 atom stereocenters. The fourth-order valence-electron chi connectivity index (χ4n) is 4.27. The van der Waals surface area contributed by atoms with Crippen LogP contribution in [0.25, 0.3) is 0 Å². The molecule has 0 aromatic carbocycles. The van der Waals surface area contributed by atoms with Crippen molar-refractivity contribution in [1.29, 1.82) is 0 Å². The third-order valence-corrected chi connectivity index (χ3v) is 6.33. The first-order valence-corrected chi connectivity index (χ1v) is 13.5. The first-order chi connectivity index (χ1) is 15.2. The number of carbonyl (C=O) groups is 2. The van der Waals surface area contributed by atoms with Gasteiger partial charge in [0, 0.05) is 25.9 Å². The van der Waals surface area contributed by atoms with Gasteiger partial charge in [-0.2, -0.15) is 0 Å². The van der Waals surface area contributed by atoms with Crippen molar-refractivity contribution in [3.8, 4) is 0 Å². The Morgan fingerprint density at radius 1 is 0.781 bits per heavy atom. The van der Waals surface area contributed by atoms with Crippen LogP contribution in [0.2, 0.25) is 0 Å². The number of halogens is 1. The van der Waals surface area contributed by atoms with Gasteiger partial charge in [-0.1, -0.05) is 96.8 Å². The van der Waals surface area contributed by atoms with Crippen molar-refractivity contribution >= 4 is 24.2 Å². The van der Waals surface area contributed by atoms with Gasteiger partial charge in [-0.15, -0.1) is 12.4 Å². The molecule has 1 rings (SSSR count). The summed E-state index contributed by atoms with van der Waals surface area (Å²) in [4.78, 5) is 25.2. The van der Waals surface area contributed by atoms with E-state index >= 15 is 0 Å². The van der Waals surface area contributed by atoms with E-state index in [2.05, 4.69) is 17.6 Å². The topological polar surface area (TPSA) is 61.4 Å². The largest absolute Gasteiger partial charge is 0.356 e. The van der Waals surface area contributed by atoms with E-state index in [1.165, 1.54) is 89.9 Å². The average Bonchev–Trinajstić information content (AvgIpc) is 3.18. The summed E-state index contributed by atoms with van der Waals surface area (Å²) >= 11 is 0. The van der Waals surface area contributed by atoms with Crippen molar-refractivity contribution in [2.24, 2.45) is 0 Å². The highest BCUT2D eigenvalue weighted by Crippen LogP contribution is 2.13. The number of nitrogens with one attached hydrogen (secondary N) is 2. The van der Waals surface area contributed by atoms with Crippen molar-refractivity contribution in [1.82, 2.24) is 15.5 Å². The number of amides is 2. The molecule has 32 heavy (non-hydrogen) atoms. The fourth-order valence-corrected chi connectivity index (χ4v) is 4.27. The molecule has 0 radical (unpaired) electrons. The van der Waals surface area contributed by atoms with E-state index in [1.807, 2.05) is 4.90 Å². The lowest BCUT2D eigenvalue weighted by Gasteiger charge is -2.16. The molecule has 0 aromatic heterocycles. The highest BCUT2D eigenvalue weighted by molar-refractivity contribution is 5.85. The number of hydrogen-bond donors (Lipinski definition) is 2. The molecule has 6 heteroatoms. The third kappa shape index (κ3) is 18.7. The Bertz CT molecular complexity index is 449. The third-order valence-electron chi connectivity index (χ3n) is 6.33. The Morgan fingerprint density at radius 3 is 1.81 bits per heavy atom. The minimum atomic E-state index is 0. The standard InChI is InChI=1S/C26H51N3O2.ClH/c1-2-3-4-5-6-7-8-9-10-11-12-13-14-15-16-19-25(30)28-22-18-21-27-24-29-23-17-20-26(29)31;/h27H,2-24H2,1H3,(H,28,30);1H. The summed E-state index contributed by atoms with van der Waals surface area (Å²) in [5.41, 5.74) is 0. The highest BCUT2D eigenvalue weighted by Gasteiger charge is 2.18. The van der Waals surface area contributed by atoms with Crippen LogP contribution < -0.4 is 10.6 Å². The number of rotatable bonds is 22. The summed E-state index contributed by atoms with van der Waals surface area (Å²) < 4.78 is 0. The molecule has 190 valence electrons. The smallest absolute Gasteiger partial charge is 0.223 e. The number of carbonyl (C=O) groups excluding carboxylic acids is 2. The Hall–Kier alpha value is -0.810. The van der Waals surface area contributed by atoms with E-state index in [0.29, 0.717) is 19.5 Å². The monoisotopic (exact) mass is 473 g/mol. The molecule has 0 bridgehead atoms. The molecular weight excluding hydrogens is 422 g/mol. The normalized spacial score (nSPS) is 13.4. The zero-order valence-electron chi connectivity index (χ0n) is 20.9. The van der Waals surface area contributed by atoms with E-state index < -0.39 is 0 Å². The van der Waals surface area contributed by atoms with E-state index in [0.717, 1.165) is 38.9 Å². The molecule has 2 amide bonds. The van der Waals surface area contributed by atoms with Gasteiger partial charge in [0.1, 0.15) is 0 Å². The van der Waals surface area contributed by atoms with Crippen molar-refractivity contribution < 1.29 is 9.59 Å². The molecule has 0 unspecified atom stereocenters. The van der Waals surface area contributed by atoms with Crippen molar-refractivity contribution in [2.45, 2.75) is 129 Å². The van der Waals surface area contributed by atoms with Gasteiger partial charge in [0.25, 0.3) is 0 Å². The molecule has 1 saturated heterocycles. The number of nitrogens with zero attached hydrogens (tertiary/aromatic N) is 1. The predicted molar refractivity (Wildman–Crippen MR) is 138 cm³/mol. The van der Waals surface area contributed by atoms with Crippen LogP contribution in [-0.4, -0.2) is 43.0 Å².